The number of hydrazine groups is 2. The molecule has 0 aliphatic carbocycles. The third-order valence-corrected chi connectivity index (χ3v) is 4.76. The van der Waals surface area contributed by atoms with E-state index in [0.29, 0.717) is 0 Å². The van der Waals surface area contributed by atoms with Gasteiger partial charge in [0.05, 0.1) is 53.8 Å². The van der Waals surface area contributed by atoms with E-state index in [9.17, 15) is 79.9 Å². The Kier molecular flexibility index (Phi) is 8.69. The Hall–Kier alpha value is -7.12. The van der Waals surface area contributed by atoms with Crippen LogP contribution in [-0.2, 0) is 9.59 Å². The van der Waals surface area contributed by atoms with E-state index in [1.807, 2.05) is 0 Å². The molecule has 0 unspecified atom stereocenters. The fraction of sp³-hybridized carbons (Fsp3) is 0. The quantitative estimate of drug-likeness (QED) is 0.113. The first kappa shape index (κ1) is 31.1. The third-order valence-electron chi connectivity index (χ3n) is 4.76. The second-order valence-corrected chi connectivity index (χ2v) is 7.12. The van der Waals surface area contributed by atoms with Crippen LogP contribution in [0.3, 0.4) is 0 Å². The van der Waals surface area contributed by atoms with Crippen molar-refractivity contribution in [3.8, 4) is 0 Å². The number of benzene rings is 2. The highest BCUT2D eigenvalue weighted by Crippen LogP contribution is 2.36. The molecule has 0 aliphatic rings. The number of carbonyl (C=O) groups excluding carboxylic acids is 4. The monoisotopic (exact) mass is 596 g/mol. The van der Waals surface area contributed by atoms with Crippen molar-refractivity contribution in [2.75, 3.05) is 0 Å². The molecular weight excluding hydrogens is 588 g/mol. The van der Waals surface area contributed by atoms with Crippen LogP contribution >= 0.6 is 0 Å². The van der Waals surface area contributed by atoms with Gasteiger partial charge in [-0.2, -0.15) is 5.01 Å². The Morgan fingerprint density at radius 1 is 0.595 bits per heavy atom. The van der Waals surface area contributed by atoms with Gasteiger partial charge in [-0.05, 0) is 0 Å². The number of imide groups is 1. The fourth-order valence-electron chi connectivity index (χ4n) is 3.06. The van der Waals surface area contributed by atoms with Gasteiger partial charge in [0.2, 0.25) is 0 Å². The average Bonchev–Trinajstić information content (AvgIpc) is 2.92. The van der Waals surface area contributed by atoms with Gasteiger partial charge in [-0.3, -0.25) is 90.7 Å². The molecular formula is C16H8N10O16. The van der Waals surface area contributed by atoms with E-state index in [1.54, 1.807) is 0 Å². The maximum atomic E-state index is 13.2. The molecule has 0 saturated carbocycles. The lowest BCUT2D eigenvalue weighted by Crippen LogP contribution is -2.55. The minimum absolute atomic E-state index is 0.0275. The van der Waals surface area contributed by atoms with Crippen LogP contribution in [-0.4, -0.2) is 58.2 Å². The Labute approximate surface area is 225 Å². The molecule has 0 bridgehead atoms. The Balaban J connectivity index is 2.90. The summed E-state index contributed by atoms with van der Waals surface area (Å²) in [6, 6.07) is 0.183. The number of nitro benzene ring substituents is 6. The number of amides is 4. The minimum atomic E-state index is -2.34. The molecule has 26 heteroatoms. The first-order chi connectivity index (χ1) is 19.4. The van der Waals surface area contributed by atoms with Crippen LogP contribution in [0, 0.1) is 60.7 Å². The summed E-state index contributed by atoms with van der Waals surface area (Å²) in [5.74, 6) is -4.08. The molecule has 218 valence electrons. The number of hydrogen-bond acceptors (Lipinski definition) is 17. The normalized spacial score (nSPS) is 10.1. The number of rotatable bonds is 8. The van der Waals surface area contributed by atoms with Gasteiger partial charge < -0.3 is 0 Å². The molecule has 0 heterocycles. The van der Waals surface area contributed by atoms with Crippen molar-refractivity contribution < 1.29 is 48.7 Å². The number of nitrogens with zero attached hydrogens (tertiary/aromatic N) is 7. The number of hydrogen-bond donors (Lipinski definition) is 3. The molecule has 2 aromatic rings. The highest BCUT2D eigenvalue weighted by Gasteiger charge is 2.43. The molecule has 0 aliphatic heterocycles. The average molecular weight is 596 g/mol. The van der Waals surface area contributed by atoms with Gasteiger partial charge >= 0.3 is 11.8 Å². The summed E-state index contributed by atoms with van der Waals surface area (Å²) in [6.07, 6.45) is 0. The van der Waals surface area contributed by atoms with E-state index in [2.05, 4.69) is 0 Å². The summed E-state index contributed by atoms with van der Waals surface area (Å²) in [5.41, 5.74) is -10.4. The van der Waals surface area contributed by atoms with Crippen LogP contribution in [0.1, 0.15) is 20.7 Å². The summed E-state index contributed by atoms with van der Waals surface area (Å²) in [5, 5.41) is 67.3. The molecule has 4 N–H and O–H groups in total. The van der Waals surface area contributed by atoms with Crippen molar-refractivity contribution in [1.82, 2.24) is 15.9 Å². The molecule has 0 fully saturated rings. The predicted molar refractivity (Wildman–Crippen MR) is 124 cm³/mol. The summed E-state index contributed by atoms with van der Waals surface area (Å²) in [7, 11) is 0. The Bertz CT molecular complexity index is 1580. The van der Waals surface area contributed by atoms with Crippen molar-refractivity contribution in [3.63, 3.8) is 0 Å². The molecule has 0 atom stereocenters. The molecule has 42 heavy (non-hydrogen) atoms. The van der Waals surface area contributed by atoms with Gasteiger partial charge in [-0.1, -0.05) is 0 Å². The van der Waals surface area contributed by atoms with Crippen LogP contribution in [0.25, 0.3) is 0 Å². The second kappa shape index (κ2) is 11.7. The van der Waals surface area contributed by atoms with Gasteiger partial charge in [-0.25, -0.2) is 5.84 Å². The Morgan fingerprint density at radius 2 is 0.929 bits per heavy atom. The highest BCUT2D eigenvalue weighted by atomic mass is 16.6. The van der Waals surface area contributed by atoms with E-state index in [-0.39, 0.29) is 24.3 Å². The first-order valence-corrected chi connectivity index (χ1v) is 9.87. The van der Waals surface area contributed by atoms with Crippen LogP contribution in [0.2, 0.25) is 0 Å². The summed E-state index contributed by atoms with van der Waals surface area (Å²) < 4.78 is 0. The van der Waals surface area contributed by atoms with E-state index >= 15 is 0 Å². The van der Waals surface area contributed by atoms with E-state index in [1.165, 1.54) is 5.43 Å². The van der Waals surface area contributed by atoms with Crippen LogP contribution < -0.4 is 16.7 Å². The lowest BCUT2D eigenvalue weighted by Gasteiger charge is -2.20. The van der Waals surface area contributed by atoms with Crippen LogP contribution in [0.15, 0.2) is 24.3 Å². The minimum Gasteiger partial charge on any atom is -0.286 e. The van der Waals surface area contributed by atoms with Gasteiger partial charge in [0.25, 0.3) is 45.9 Å². The molecule has 2 aromatic carbocycles. The first-order valence-electron chi connectivity index (χ1n) is 9.87. The Morgan fingerprint density at radius 3 is 1.21 bits per heavy atom. The lowest BCUT2D eigenvalue weighted by atomic mass is 10.1. The molecule has 0 aromatic heterocycles. The maximum Gasteiger partial charge on any atom is 0.339 e. The summed E-state index contributed by atoms with van der Waals surface area (Å²) in [4.78, 5) is 110. The molecule has 26 nitrogen and oxygen atoms in total. The fourth-order valence-corrected chi connectivity index (χ4v) is 3.06. The number of carbonyl (C=O) groups is 4. The maximum absolute atomic E-state index is 13.2. The van der Waals surface area contributed by atoms with E-state index in [4.69, 9.17) is 5.84 Å². The number of nitro groups is 6. The zero-order valence-corrected chi connectivity index (χ0v) is 19.5. The van der Waals surface area contributed by atoms with Crippen LogP contribution in [0.4, 0.5) is 34.1 Å². The topological polar surface area (TPSA) is 380 Å². The molecule has 0 saturated heterocycles. The molecule has 4 amide bonds. The van der Waals surface area contributed by atoms with Gasteiger partial charge in [0.15, 0.2) is 11.1 Å². The second-order valence-electron chi connectivity index (χ2n) is 7.12. The van der Waals surface area contributed by atoms with Crippen molar-refractivity contribution in [2.45, 2.75) is 0 Å². The molecule has 0 radical (unpaired) electrons. The van der Waals surface area contributed by atoms with Crippen molar-refractivity contribution in [1.29, 1.82) is 0 Å². The predicted octanol–water partition coefficient (Wildman–Crippen LogP) is -0.560. The van der Waals surface area contributed by atoms with E-state index in [0.717, 1.165) is 5.43 Å². The zero-order valence-electron chi connectivity index (χ0n) is 19.5. The van der Waals surface area contributed by atoms with Crippen molar-refractivity contribution in [2.24, 2.45) is 5.84 Å². The largest absolute Gasteiger partial charge is 0.339 e. The van der Waals surface area contributed by atoms with Gasteiger partial charge in [0.1, 0.15) is 0 Å². The number of non-ortho nitro benzene ring substituents is 2. The van der Waals surface area contributed by atoms with Gasteiger partial charge in [-0.15, -0.1) is 0 Å². The third kappa shape index (κ3) is 5.96. The van der Waals surface area contributed by atoms with E-state index < -0.39 is 103 Å². The van der Waals surface area contributed by atoms with Crippen molar-refractivity contribution >= 4 is 57.8 Å². The lowest BCUT2D eigenvalue weighted by molar-refractivity contribution is -0.403. The smallest absolute Gasteiger partial charge is 0.286 e. The zero-order chi connectivity index (χ0) is 32.2. The SMILES string of the molecule is NNC(=O)C(=O)N(NC(=O)c1c([N+](=O)[O-])cc([N+](=O)[O-])cc1[N+](=O)[O-])C(=O)c1c([N+](=O)[O-])cc([N+](=O)[O-])cc1[N+](=O)[O-]. The van der Waals surface area contributed by atoms with Crippen molar-refractivity contribution in [3.05, 3.63) is 96.1 Å². The molecule has 0 spiro atoms. The van der Waals surface area contributed by atoms with Crippen LogP contribution in [0.5, 0.6) is 0 Å². The number of nitrogens with one attached hydrogen (secondary N) is 2. The standard InChI is InChI=1S/C16H8N10O16/c17-18-14(28)16(30)20(15(29)12-9(25(39)40)3-6(22(33)34)4-10(12)26(41)42)19-13(27)11-7(23(35)36)1-5(21(31)32)2-8(11)24(37)38/h1-4H,17H2,(H,18,28)(H,19,27). The highest BCUT2D eigenvalue weighted by molar-refractivity contribution is 6.38. The number of nitrogens with two attached hydrogens (primary N) is 1. The van der Waals surface area contributed by atoms with Gasteiger partial charge in [0, 0.05) is 0 Å². The summed E-state index contributed by atoms with van der Waals surface area (Å²) >= 11 is 0. The summed E-state index contributed by atoms with van der Waals surface area (Å²) in [6.45, 7) is 0. The molecule has 2 rings (SSSR count).